The first-order valence-corrected chi connectivity index (χ1v) is 6.81. The zero-order valence-electron chi connectivity index (χ0n) is 8.89. The number of nitrogens with zero attached hydrogens (tertiary/aromatic N) is 1. The van der Waals surface area contributed by atoms with Gasteiger partial charge < -0.3 is 5.43 Å². The van der Waals surface area contributed by atoms with Gasteiger partial charge >= 0.3 is 0 Å². The van der Waals surface area contributed by atoms with Crippen LogP contribution >= 0.6 is 0 Å². The summed E-state index contributed by atoms with van der Waals surface area (Å²) < 4.78 is 25.1. The van der Waals surface area contributed by atoms with Gasteiger partial charge in [-0.05, 0) is 37.1 Å². The van der Waals surface area contributed by atoms with Gasteiger partial charge in [0.25, 0.3) is 0 Å². The van der Waals surface area contributed by atoms with E-state index in [9.17, 15) is 8.42 Å². The van der Waals surface area contributed by atoms with Gasteiger partial charge in [0.15, 0.2) is 0 Å². The fourth-order valence-corrected chi connectivity index (χ4v) is 3.44. The molecule has 0 aromatic heterocycles. The van der Waals surface area contributed by atoms with Crippen LogP contribution in [-0.2, 0) is 10.0 Å². The smallest absolute Gasteiger partial charge is 0.235 e. The summed E-state index contributed by atoms with van der Waals surface area (Å²) in [5.74, 6) is 5.49. The molecular formula is C10H15N3O2S. The Bertz CT molecular complexity index is 455. The Balaban J connectivity index is 2.28. The fourth-order valence-electron chi connectivity index (χ4n) is 1.80. The lowest BCUT2D eigenvalue weighted by Crippen LogP contribution is -2.37. The van der Waals surface area contributed by atoms with Gasteiger partial charge in [-0.15, -0.1) is 0 Å². The number of nitrogens with two attached hydrogens (primary N) is 1. The van der Waals surface area contributed by atoms with Crippen molar-refractivity contribution in [2.45, 2.75) is 12.8 Å². The minimum absolute atomic E-state index is 0.240. The second-order valence-electron chi connectivity index (χ2n) is 3.79. The van der Waals surface area contributed by atoms with Crippen LogP contribution in [0.1, 0.15) is 12.8 Å². The number of sulfonamides is 1. The molecule has 6 heteroatoms. The standard InChI is InChI=1S/C10H15N3O2S/c11-12-9-3-5-10(6-4-9)13-7-1-2-8-16(13,14)15/h3-6,12H,1-2,7-8,11H2. The maximum Gasteiger partial charge on any atom is 0.235 e. The van der Waals surface area contributed by atoms with E-state index in [1.807, 2.05) is 0 Å². The molecule has 1 fully saturated rings. The second-order valence-corrected chi connectivity index (χ2v) is 5.80. The summed E-state index contributed by atoms with van der Waals surface area (Å²) >= 11 is 0. The molecule has 3 N–H and O–H groups in total. The quantitative estimate of drug-likeness (QED) is 0.596. The highest BCUT2D eigenvalue weighted by molar-refractivity contribution is 7.92. The van der Waals surface area contributed by atoms with Crippen LogP contribution in [0.4, 0.5) is 11.4 Å². The average Bonchev–Trinajstić information content (AvgIpc) is 2.29. The monoisotopic (exact) mass is 241 g/mol. The molecule has 1 aromatic carbocycles. The van der Waals surface area contributed by atoms with Gasteiger partial charge in [0.2, 0.25) is 10.0 Å². The van der Waals surface area contributed by atoms with E-state index in [4.69, 9.17) is 5.84 Å². The SMILES string of the molecule is NNc1ccc(N2CCCCS2(=O)=O)cc1. The van der Waals surface area contributed by atoms with Crippen LogP contribution in [0.15, 0.2) is 24.3 Å². The Morgan fingerprint density at radius 1 is 1.19 bits per heavy atom. The summed E-state index contributed by atoms with van der Waals surface area (Å²) in [6.07, 6.45) is 1.66. The Hall–Kier alpha value is -1.27. The lowest BCUT2D eigenvalue weighted by molar-refractivity contribution is 0.574. The molecule has 5 nitrogen and oxygen atoms in total. The predicted molar refractivity (Wildman–Crippen MR) is 64.6 cm³/mol. The van der Waals surface area contributed by atoms with E-state index in [0.717, 1.165) is 18.5 Å². The molecule has 16 heavy (non-hydrogen) atoms. The third-order valence-electron chi connectivity index (χ3n) is 2.67. The van der Waals surface area contributed by atoms with Crippen LogP contribution in [0.3, 0.4) is 0 Å². The maximum atomic E-state index is 11.8. The van der Waals surface area contributed by atoms with E-state index >= 15 is 0 Å². The Kier molecular flexibility index (Phi) is 3.02. The van der Waals surface area contributed by atoms with Gasteiger partial charge in [0.05, 0.1) is 11.4 Å². The minimum atomic E-state index is -3.11. The molecule has 1 saturated heterocycles. The summed E-state index contributed by atoms with van der Waals surface area (Å²) in [5.41, 5.74) is 3.98. The van der Waals surface area contributed by atoms with E-state index < -0.39 is 10.0 Å². The second kappa shape index (κ2) is 4.31. The molecule has 1 aliphatic rings. The van der Waals surface area contributed by atoms with Crippen molar-refractivity contribution in [3.8, 4) is 0 Å². The lowest BCUT2D eigenvalue weighted by atomic mass is 10.2. The first kappa shape index (κ1) is 11.2. The molecule has 1 heterocycles. The summed E-state index contributed by atoms with van der Waals surface area (Å²) in [7, 11) is -3.11. The van der Waals surface area contributed by atoms with Gasteiger partial charge in [0, 0.05) is 12.2 Å². The normalized spacial score (nSPS) is 19.4. The van der Waals surface area contributed by atoms with Crippen molar-refractivity contribution in [3.63, 3.8) is 0 Å². The Labute approximate surface area is 95.3 Å². The molecule has 0 bridgehead atoms. The molecule has 0 spiro atoms. The van der Waals surface area contributed by atoms with Gasteiger partial charge in [-0.1, -0.05) is 0 Å². The zero-order chi connectivity index (χ0) is 11.6. The molecule has 88 valence electrons. The largest absolute Gasteiger partial charge is 0.324 e. The van der Waals surface area contributed by atoms with E-state index in [0.29, 0.717) is 12.2 Å². The highest BCUT2D eigenvalue weighted by atomic mass is 32.2. The highest BCUT2D eigenvalue weighted by Crippen LogP contribution is 2.24. The van der Waals surface area contributed by atoms with E-state index in [2.05, 4.69) is 5.43 Å². The van der Waals surface area contributed by atoms with Crippen LogP contribution in [0, 0.1) is 0 Å². The number of nitrogen functional groups attached to an aromatic ring is 1. The van der Waals surface area contributed by atoms with Crippen LogP contribution in [0.5, 0.6) is 0 Å². The summed E-state index contributed by atoms with van der Waals surface area (Å²) in [6, 6.07) is 7.05. The molecule has 1 aliphatic heterocycles. The molecule has 0 unspecified atom stereocenters. The van der Waals surface area contributed by atoms with Crippen molar-refractivity contribution < 1.29 is 8.42 Å². The van der Waals surface area contributed by atoms with Gasteiger partial charge in [0.1, 0.15) is 0 Å². The number of hydrazine groups is 1. The molecule has 2 rings (SSSR count). The van der Waals surface area contributed by atoms with Crippen molar-refractivity contribution in [1.29, 1.82) is 0 Å². The molecule has 0 aliphatic carbocycles. The topological polar surface area (TPSA) is 75.4 Å². The predicted octanol–water partition coefficient (Wildman–Crippen LogP) is 0.902. The van der Waals surface area contributed by atoms with Crippen LogP contribution in [0.25, 0.3) is 0 Å². The first-order chi connectivity index (χ1) is 7.63. The summed E-state index contributed by atoms with van der Waals surface area (Å²) in [4.78, 5) is 0. The number of anilines is 2. The highest BCUT2D eigenvalue weighted by Gasteiger charge is 2.25. The van der Waals surface area contributed by atoms with Crippen LogP contribution in [-0.4, -0.2) is 20.7 Å². The Morgan fingerprint density at radius 3 is 2.44 bits per heavy atom. The third-order valence-corrected chi connectivity index (χ3v) is 4.54. The van der Waals surface area contributed by atoms with Crippen molar-refractivity contribution in [2.24, 2.45) is 5.84 Å². The molecule has 1 aromatic rings. The fraction of sp³-hybridized carbons (Fsp3) is 0.400. The van der Waals surface area contributed by atoms with Crippen LogP contribution in [0.2, 0.25) is 0 Å². The number of hydrogen-bond donors (Lipinski definition) is 2. The van der Waals surface area contributed by atoms with Gasteiger partial charge in [-0.25, -0.2) is 8.42 Å². The number of hydrogen-bond acceptors (Lipinski definition) is 4. The van der Waals surface area contributed by atoms with Gasteiger partial charge in [-0.3, -0.25) is 10.1 Å². The van der Waals surface area contributed by atoms with Crippen LogP contribution < -0.4 is 15.6 Å². The summed E-state index contributed by atoms with van der Waals surface area (Å²) in [6.45, 7) is 0.567. The molecule has 0 atom stereocenters. The first-order valence-electron chi connectivity index (χ1n) is 5.20. The number of nitrogens with one attached hydrogen (secondary N) is 1. The average molecular weight is 241 g/mol. The van der Waals surface area contributed by atoms with Crippen molar-refractivity contribution in [3.05, 3.63) is 24.3 Å². The van der Waals surface area contributed by atoms with Crippen molar-refractivity contribution in [2.75, 3.05) is 22.0 Å². The minimum Gasteiger partial charge on any atom is -0.324 e. The maximum absolute atomic E-state index is 11.8. The molecular weight excluding hydrogens is 226 g/mol. The number of benzene rings is 1. The van der Waals surface area contributed by atoms with E-state index in [1.165, 1.54) is 4.31 Å². The Morgan fingerprint density at radius 2 is 1.88 bits per heavy atom. The number of rotatable bonds is 2. The summed E-state index contributed by atoms with van der Waals surface area (Å²) in [5, 5.41) is 0. The van der Waals surface area contributed by atoms with Gasteiger partial charge in [-0.2, -0.15) is 0 Å². The third kappa shape index (κ3) is 2.12. The molecule has 0 radical (unpaired) electrons. The molecule has 0 amide bonds. The van der Waals surface area contributed by atoms with Crippen molar-refractivity contribution in [1.82, 2.24) is 0 Å². The lowest BCUT2D eigenvalue weighted by Gasteiger charge is -2.28. The van der Waals surface area contributed by atoms with E-state index in [1.54, 1.807) is 24.3 Å². The zero-order valence-corrected chi connectivity index (χ0v) is 9.70. The van der Waals surface area contributed by atoms with E-state index in [-0.39, 0.29) is 5.75 Å². The van der Waals surface area contributed by atoms with Crippen molar-refractivity contribution >= 4 is 21.4 Å². The molecule has 0 saturated carbocycles.